The van der Waals surface area contributed by atoms with Gasteiger partial charge in [0.15, 0.2) is 5.96 Å². The SMILES string of the molecule is CC(C)[C@H](NC(=O)[C@H](CCC(=O)O)NC(=O)[C@H](Cc1c[nH]c2ccccc12)NC(=O)[C@H](CCCN=C(N)N)NC(=O)[C@@H](Cc1ccc2ccccc2c1)NC(=O)[C@H](Cc1cnc[nH]1)NC(=O)CCN)C(=O)N[C@H](C(=O)NCC(N)=O)C(C)C. The van der Waals surface area contributed by atoms with Gasteiger partial charge in [0.25, 0.3) is 0 Å². The summed E-state index contributed by atoms with van der Waals surface area (Å²) in [5.41, 5.74) is 24.4. The van der Waals surface area contributed by atoms with Crippen molar-refractivity contribution < 1.29 is 53.1 Å². The number of nitrogens with zero attached hydrogens (tertiary/aromatic N) is 2. The first-order chi connectivity index (χ1) is 39.5. The number of aliphatic carboxylic acids is 1. The van der Waals surface area contributed by atoms with Gasteiger partial charge in [-0.1, -0.05) is 88.4 Å². The van der Waals surface area contributed by atoms with E-state index in [0.717, 1.165) is 10.8 Å². The van der Waals surface area contributed by atoms with E-state index in [1.54, 1.807) is 64.2 Å². The molecule has 0 spiro atoms. The quantitative estimate of drug-likeness (QED) is 0.0131. The zero-order valence-corrected chi connectivity index (χ0v) is 46.8. The Kier molecular flexibility index (Phi) is 24.5. The van der Waals surface area contributed by atoms with Crippen LogP contribution in [0.5, 0.6) is 0 Å². The maximum absolute atomic E-state index is 14.9. The Bertz CT molecular complexity index is 3100. The highest BCUT2D eigenvalue weighted by atomic mass is 16.4. The van der Waals surface area contributed by atoms with E-state index in [0.29, 0.717) is 27.7 Å². The summed E-state index contributed by atoms with van der Waals surface area (Å²) in [5.74, 6) is -9.95. The summed E-state index contributed by atoms with van der Waals surface area (Å²) < 4.78 is 0. The number of aliphatic imine (C=N–C) groups is 1. The number of benzene rings is 3. The van der Waals surface area contributed by atoms with Crippen molar-refractivity contribution in [2.24, 2.45) is 39.8 Å². The third-order valence-electron chi connectivity index (χ3n) is 13.4. The molecule has 0 radical (unpaired) electrons. The number of carbonyl (C=O) groups excluding carboxylic acids is 9. The number of guanidine groups is 1. The number of hydrogen-bond donors (Lipinski definition) is 15. The molecule has 0 aliphatic carbocycles. The summed E-state index contributed by atoms with van der Waals surface area (Å²) in [6, 6.07) is 10.4. The Hall–Kier alpha value is -9.40. The van der Waals surface area contributed by atoms with Crippen LogP contribution in [0.2, 0.25) is 0 Å². The lowest BCUT2D eigenvalue weighted by molar-refractivity contribution is -0.139. The highest BCUT2D eigenvalue weighted by Crippen LogP contribution is 2.21. The molecule has 83 heavy (non-hydrogen) atoms. The number of nitrogens with one attached hydrogen (secondary N) is 10. The number of aromatic nitrogens is 3. The zero-order valence-electron chi connectivity index (χ0n) is 46.8. The monoisotopic (exact) mass is 1150 g/mol. The molecule has 3 aromatic carbocycles. The minimum Gasteiger partial charge on any atom is -0.481 e. The normalized spacial score (nSPS) is 13.7. The van der Waals surface area contributed by atoms with Crippen molar-refractivity contribution in [2.45, 2.75) is 121 Å². The first kappa shape index (κ1) is 64.4. The van der Waals surface area contributed by atoms with Gasteiger partial charge in [-0.3, -0.25) is 52.9 Å². The molecule has 0 fully saturated rings. The fraction of sp³-hybridized carbons (Fsp3) is 0.429. The van der Waals surface area contributed by atoms with Crippen molar-refractivity contribution in [3.8, 4) is 0 Å². The smallest absolute Gasteiger partial charge is 0.303 e. The molecule has 446 valence electrons. The number of primary amides is 1. The number of aromatic amines is 2. The van der Waals surface area contributed by atoms with E-state index in [-0.39, 0.29) is 57.6 Å². The second kappa shape index (κ2) is 31.6. The van der Waals surface area contributed by atoms with Crippen LogP contribution >= 0.6 is 0 Å². The van der Waals surface area contributed by atoms with Crippen LogP contribution in [-0.4, -0.2) is 147 Å². The van der Waals surface area contributed by atoms with Crippen LogP contribution in [0.1, 0.15) is 76.6 Å². The average Bonchev–Trinajstić information content (AvgIpc) is 4.37. The van der Waals surface area contributed by atoms with Crippen molar-refractivity contribution in [2.75, 3.05) is 19.6 Å². The second-order valence-corrected chi connectivity index (χ2v) is 20.7. The molecule has 9 amide bonds. The number of carbonyl (C=O) groups is 10. The van der Waals surface area contributed by atoms with Crippen molar-refractivity contribution in [3.05, 3.63) is 102 Å². The fourth-order valence-corrected chi connectivity index (χ4v) is 9.01. The van der Waals surface area contributed by atoms with Gasteiger partial charge in [-0.25, -0.2) is 4.98 Å². The van der Waals surface area contributed by atoms with Crippen molar-refractivity contribution >= 4 is 86.8 Å². The predicted octanol–water partition coefficient (Wildman–Crippen LogP) is -1.35. The van der Waals surface area contributed by atoms with Gasteiger partial charge in [0.05, 0.1) is 12.9 Å². The van der Waals surface area contributed by atoms with Crippen molar-refractivity contribution in [3.63, 3.8) is 0 Å². The maximum atomic E-state index is 14.9. The largest absolute Gasteiger partial charge is 0.481 e. The second-order valence-electron chi connectivity index (χ2n) is 20.7. The molecule has 27 heteroatoms. The molecule has 0 aliphatic heterocycles. The van der Waals surface area contributed by atoms with E-state index in [9.17, 15) is 53.1 Å². The molecule has 2 aromatic heterocycles. The number of para-hydroxylation sites is 1. The minimum absolute atomic E-state index is 0.000694. The molecule has 27 nitrogen and oxygen atoms in total. The van der Waals surface area contributed by atoms with Gasteiger partial charge in [-0.2, -0.15) is 0 Å². The predicted molar refractivity (Wildman–Crippen MR) is 308 cm³/mol. The summed E-state index contributed by atoms with van der Waals surface area (Å²) in [6.45, 7) is 6.01. The van der Waals surface area contributed by atoms with E-state index >= 15 is 0 Å². The molecule has 0 saturated carbocycles. The van der Waals surface area contributed by atoms with E-state index in [4.69, 9.17) is 22.9 Å². The number of carboxylic acids is 1. The Morgan fingerprint density at radius 3 is 1.78 bits per heavy atom. The van der Waals surface area contributed by atoms with Gasteiger partial charge < -0.3 is 80.5 Å². The molecule has 0 bridgehead atoms. The highest BCUT2D eigenvalue weighted by molar-refractivity contribution is 5.99. The summed E-state index contributed by atoms with van der Waals surface area (Å²) in [5, 5.41) is 33.3. The fourth-order valence-electron chi connectivity index (χ4n) is 9.01. The average molecular weight is 1150 g/mol. The molecule has 2 heterocycles. The van der Waals surface area contributed by atoms with E-state index < -0.39 is 133 Å². The lowest BCUT2D eigenvalue weighted by Crippen LogP contribution is -2.61. The van der Waals surface area contributed by atoms with Gasteiger partial charge >= 0.3 is 5.97 Å². The number of amides is 9. The third-order valence-corrected chi connectivity index (χ3v) is 13.4. The van der Waals surface area contributed by atoms with Gasteiger partial charge in [-0.15, -0.1) is 0 Å². The Labute approximate surface area is 478 Å². The van der Waals surface area contributed by atoms with Crippen molar-refractivity contribution in [1.82, 2.24) is 57.5 Å². The van der Waals surface area contributed by atoms with Crippen LogP contribution < -0.4 is 65.5 Å². The van der Waals surface area contributed by atoms with Gasteiger partial charge in [-0.05, 0) is 59.1 Å². The minimum atomic E-state index is -1.62. The van der Waals surface area contributed by atoms with Gasteiger partial charge in [0.2, 0.25) is 53.2 Å². The molecule has 0 unspecified atom stereocenters. The Morgan fingerprint density at radius 2 is 1.17 bits per heavy atom. The number of rotatable bonds is 33. The number of imidazole rings is 1. The van der Waals surface area contributed by atoms with Crippen LogP contribution in [-0.2, 0) is 67.2 Å². The Morgan fingerprint density at radius 1 is 0.602 bits per heavy atom. The molecule has 5 rings (SSSR count). The van der Waals surface area contributed by atoms with Crippen LogP contribution in [0.15, 0.2) is 90.4 Å². The summed E-state index contributed by atoms with van der Waals surface area (Å²) in [7, 11) is 0. The molecule has 5 aromatic rings. The lowest BCUT2D eigenvalue weighted by Gasteiger charge is -2.29. The van der Waals surface area contributed by atoms with Crippen LogP contribution in [0.25, 0.3) is 21.7 Å². The third kappa shape index (κ3) is 20.3. The first-order valence-corrected chi connectivity index (χ1v) is 27.2. The Balaban J connectivity index is 1.49. The number of nitrogens with two attached hydrogens (primary N) is 4. The number of H-pyrrole nitrogens is 2. The van der Waals surface area contributed by atoms with Crippen LogP contribution in [0, 0.1) is 11.8 Å². The van der Waals surface area contributed by atoms with Gasteiger partial charge in [0, 0.05) is 74.2 Å². The van der Waals surface area contributed by atoms with Crippen molar-refractivity contribution in [1.29, 1.82) is 0 Å². The molecule has 0 aliphatic rings. The topological polar surface area (TPSA) is 448 Å². The summed E-state index contributed by atoms with van der Waals surface area (Å²) in [6.07, 6.45) is 2.91. The zero-order chi connectivity index (χ0) is 60.8. The van der Waals surface area contributed by atoms with E-state index in [1.807, 2.05) is 36.4 Å². The number of hydrogen-bond acceptors (Lipinski definition) is 13. The first-order valence-electron chi connectivity index (χ1n) is 27.2. The summed E-state index contributed by atoms with van der Waals surface area (Å²) >= 11 is 0. The molecule has 0 saturated heterocycles. The van der Waals surface area contributed by atoms with E-state index in [1.165, 1.54) is 12.5 Å². The standard InChI is InChI=1S/C56H76N16O11/c1-30(2)47(54(82)64-28-44(58)73)72-55(83)48(31(3)4)71-50(78)40(17-18-46(75)76)68-52(80)42(24-35-26-63-38-13-8-7-12-37(35)38)70-49(77)39(14-9-21-62-56(59)60)67-51(79)41(23-32-15-16-33-10-5-6-11-34(33)22-32)69-53(81)43(66-45(74)19-20-57)25-36-27-61-29-65-36/h5-8,10-13,15-16,22,26-27,29-31,39-43,47-48,63H,9,14,17-21,23-25,28,57H2,1-4H3,(H2,58,73)(H,61,65)(H,64,82)(H,66,74)(H,67,79)(H,68,80)(H,69,81)(H,70,77)(H,71,78)(H,72,83)(H,75,76)(H4,59,60,62)/t39-,40-,41+,42-,43-,47-,48-/m0/s1. The highest BCUT2D eigenvalue weighted by Gasteiger charge is 2.36. The number of carboxylic acid groups (broad SMARTS) is 1. The summed E-state index contributed by atoms with van der Waals surface area (Å²) in [4.78, 5) is 150. The molecular weight excluding hydrogens is 1070 g/mol. The van der Waals surface area contributed by atoms with Gasteiger partial charge in [0.1, 0.15) is 42.3 Å². The molecule has 19 N–H and O–H groups in total. The maximum Gasteiger partial charge on any atom is 0.303 e. The lowest BCUT2D eigenvalue weighted by atomic mass is 9.98. The van der Waals surface area contributed by atoms with E-state index in [2.05, 4.69) is 62.5 Å². The number of fused-ring (bicyclic) bond motifs is 2. The van der Waals surface area contributed by atoms with Crippen LogP contribution in [0.3, 0.4) is 0 Å². The van der Waals surface area contributed by atoms with Crippen LogP contribution in [0.4, 0.5) is 0 Å². The molecule has 7 atom stereocenters. The molecular formula is C56H76N16O11.